The maximum atomic E-state index is 3.79. The monoisotopic (exact) mass is 257 g/mol. The summed E-state index contributed by atoms with van der Waals surface area (Å²) < 4.78 is 0. The molecule has 2 aliphatic rings. The van der Waals surface area contributed by atoms with Crippen molar-refractivity contribution < 1.29 is 0 Å². The molecule has 0 aromatic heterocycles. The van der Waals surface area contributed by atoms with E-state index in [2.05, 4.69) is 36.5 Å². The molecule has 0 spiro atoms. The van der Waals surface area contributed by atoms with Gasteiger partial charge in [0.15, 0.2) is 0 Å². The molecule has 3 rings (SSSR count). The molecule has 0 bridgehead atoms. The quantitative estimate of drug-likeness (QED) is 0.830. The maximum absolute atomic E-state index is 3.79. The molecule has 104 valence electrons. The van der Waals surface area contributed by atoms with Crippen LogP contribution in [0.4, 0.5) is 0 Å². The third kappa shape index (κ3) is 2.86. The molecule has 0 aliphatic heterocycles. The third-order valence-corrected chi connectivity index (χ3v) is 5.18. The second-order valence-electron chi connectivity index (χ2n) is 6.39. The van der Waals surface area contributed by atoms with Crippen LogP contribution in [0.15, 0.2) is 24.3 Å². The molecule has 0 amide bonds. The van der Waals surface area contributed by atoms with Crippen molar-refractivity contribution in [3.05, 3.63) is 35.4 Å². The number of nitrogens with one attached hydrogen (secondary N) is 1. The highest BCUT2D eigenvalue weighted by Gasteiger charge is 2.30. The number of fused-ring (bicyclic) bond motifs is 1. The van der Waals surface area contributed by atoms with Crippen LogP contribution in [0.1, 0.15) is 62.5 Å². The molecule has 19 heavy (non-hydrogen) atoms. The predicted molar refractivity (Wildman–Crippen MR) is 81.5 cm³/mol. The van der Waals surface area contributed by atoms with E-state index in [0.29, 0.717) is 6.04 Å². The second kappa shape index (κ2) is 6.09. The molecule has 0 saturated heterocycles. The van der Waals surface area contributed by atoms with E-state index in [-0.39, 0.29) is 0 Å². The first kappa shape index (κ1) is 13.2. The van der Waals surface area contributed by atoms with Gasteiger partial charge in [0.2, 0.25) is 0 Å². The molecular formula is C18H27N. The van der Waals surface area contributed by atoms with Gasteiger partial charge in [0.25, 0.3) is 0 Å². The summed E-state index contributed by atoms with van der Waals surface area (Å²) in [6.07, 6.45) is 9.83. The molecule has 2 aliphatic carbocycles. The van der Waals surface area contributed by atoms with Crippen molar-refractivity contribution in [2.45, 2.75) is 63.8 Å². The van der Waals surface area contributed by atoms with Crippen molar-refractivity contribution in [3.63, 3.8) is 0 Å². The largest absolute Gasteiger partial charge is 0.314 e. The Morgan fingerprint density at radius 3 is 2.74 bits per heavy atom. The molecule has 0 radical (unpaired) electrons. The minimum atomic E-state index is 0.705. The van der Waals surface area contributed by atoms with Crippen molar-refractivity contribution in [3.8, 4) is 0 Å². The minimum absolute atomic E-state index is 0.705. The molecule has 1 heteroatoms. The highest BCUT2D eigenvalue weighted by Crippen LogP contribution is 2.39. The van der Waals surface area contributed by atoms with E-state index in [1.165, 1.54) is 44.9 Å². The summed E-state index contributed by atoms with van der Waals surface area (Å²) in [5, 5.41) is 3.79. The van der Waals surface area contributed by atoms with Crippen LogP contribution in [0.3, 0.4) is 0 Å². The van der Waals surface area contributed by atoms with Gasteiger partial charge in [-0.05, 0) is 55.2 Å². The maximum Gasteiger partial charge on any atom is 0.0138 e. The lowest BCUT2D eigenvalue weighted by molar-refractivity contribution is 0.238. The van der Waals surface area contributed by atoms with Crippen molar-refractivity contribution in [1.29, 1.82) is 0 Å². The summed E-state index contributed by atoms with van der Waals surface area (Å²) in [6, 6.07) is 9.86. The molecular weight excluding hydrogens is 230 g/mol. The van der Waals surface area contributed by atoms with E-state index in [0.717, 1.165) is 18.4 Å². The molecule has 1 fully saturated rings. The van der Waals surface area contributed by atoms with Crippen molar-refractivity contribution in [2.75, 3.05) is 6.54 Å². The smallest absolute Gasteiger partial charge is 0.0138 e. The Balaban J connectivity index is 1.77. The zero-order chi connectivity index (χ0) is 13.1. The van der Waals surface area contributed by atoms with Crippen molar-refractivity contribution >= 4 is 0 Å². The third-order valence-electron chi connectivity index (χ3n) is 5.18. The standard InChI is InChI=1S/C18H27N/c1-2-19-18(13-14-7-5-8-14)17-12-6-10-15-9-3-4-11-16(15)17/h3-4,9,11,14,17-19H,2,5-8,10,12-13H2,1H3. The van der Waals surface area contributed by atoms with Crippen LogP contribution in [-0.4, -0.2) is 12.6 Å². The lowest BCUT2D eigenvalue weighted by Crippen LogP contribution is -2.39. The van der Waals surface area contributed by atoms with E-state index >= 15 is 0 Å². The summed E-state index contributed by atoms with van der Waals surface area (Å²) in [5.74, 6) is 1.75. The topological polar surface area (TPSA) is 12.0 Å². The first-order chi connectivity index (χ1) is 9.38. The average molecular weight is 257 g/mol. The Kier molecular flexibility index (Phi) is 4.22. The first-order valence-electron chi connectivity index (χ1n) is 8.19. The summed E-state index contributed by atoms with van der Waals surface area (Å²) in [5.41, 5.74) is 3.24. The van der Waals surface area contributed by atoms with E-state index in [9.17, 15) is 0 Å². The molecule has 1 saturated carbocycles. The lowest BCUT2D eigenvalue weighted by atomic mass is 9.73. The van der Waals surface area contributed by atoms with Gasteiger partial charge in [0.1, 0.15) is 0 Å². The van der Waals surface area contributed by atoms with E-state index < -0.39 is 0 Å². The van der Waals surface area contributed by atoms with Gasteiger partial charge in [0.05, 0.1) is 0 Å². The highest BCUT2D eigenvalue weighted by molar-refractivity contribution is 5.33. The molecule has 1 aromatic rings. The van der Waals surface area contributed by atoms with Crippen LogP contribution < -0.4 is 5.32 Å². The Morgan fingerprint density at radius 2 is 2.00 bits per heavy atom. The van der Waals surface area contributed by atoms with Crippen molar-refractivity contribution in [2.24, 2.45) is 5.92 Å². The van der Waals surface area contributed by atoms with Gasteiger partial charge in [0, 0.05) is 6.04 Å². The SMILES string of the molecule is CCNC(CC1CCC1)C1CCCc2ccccc21. The predicted octanol–water partition coefficient (Wildman–Crippen LogP) is 4.27. The van der Waals surface area contributed by atoms with Crippen LogP contribution >= 0.6 is 0 Å². The Labute approximate surface area is 117 Å². The van der Waals surface area contributed by atoms with Crippen molar-refractivity contribution in [1.82, 2.24) is 5.32 Å². The normalized spacial score (nSPS) is 24.6. The fraction of sp³-hybridized carbons (Fsp3) is 0.667. The lowest BCUT2D eigenvalue weighted by Gasteiger charge is -2.37. The van der Waals surface area contributed by atoms with Crippen LogP contribution in [-0.2, 0) is 6.42 Å². The number of likely N-dealkylation sites (N-methyl/N-ethyl adjacent to an activating group) is 1. The minimum Gasteiger partial charge on any atom is -0.314 e. The Morgan fingerprint density at radius 1 is 1.16 bits per heavy atom. The first-order valence-corrected chi connectivity index (χ1v) is 8.19. The van der Waals surface area contributed by atoms with Crippen LogP contribution in [0.2, 0.25) is 0 Å². The Bertz CT molecular complexity index is 408. The molecule has 1 nitrogen and oxygen atoms in total. The van der Waals surface area contributed by atoms with Gasteiger partial charge in [-0.1, -0.05) is 50.5 Å². The molecule has 1 N–H and O–H groups in total. The number of hydrogen-bond donors (Lipinski definition) is 1. The van der Waals surface area contributed by atoms with Crippen LogP contribution in [0, 0.1) is 5.92 Å². The van der Waals surface area contributed by atoms with Gasteiger partial charge >= 0.3 is 0 Å². The average Bonchev–Trinajstić information content (AvgIpc) is 2.41. The number of benzene rings is 1. The van der Waals surface area contributed by atoms with E-state index in [1.807, 2.05) is 0 Å². The molecule has 2 atom stereocenters. The zero-order valence-electron chi connectivity index (χ0n) is 12.2. The molecule has 0 heterocycles. The van der Waals surface area contributed by atoms with Crippen LogP contribution in [0.25, 0.3) is 0 Å². The Hall–Kier alpha value is -0.820. The van der Waals surface area contributed by atoms with Gasteiger partial charge in [-0.2, -0.15) is 0 Å². The summed E-state index contributed by atoms with van der Waals surface area (Å²) >= 11 is 0. The number of rotatable bonds is 5. The molecule has 2 unspecified atom stereocenters. The van der Waals surface area contributed by atoms with Gasteiger partial charge in [-0.15, -0.1) is 0 Å². The number of hydrogen-bond acceptors (Lipinski definition) is 1. The number of aryl methyl sites for hydroxylation is 1. The second-order valence-corrected chi connectivity index (χ2v) is 6.39. The highest BCUT2D eigenvalue weighted by atomic mass is 14.9. The van der Waals surface area contributed by atoms with E-state index in [4.69, 9.17) is 0 Å². The summed E-state index contributed by atoms with van der Waals surface area (Å²) in [6.45, 7) is 3.36. The van der Waals surface area contributed by atoms with Gasteiger partial charge < -0.3 is 5.32 Å². The zero-order valence-corrected chi connectivity index (χ0v) is 12.2. The summed E-state index contributed by atoms with van der Waals surface area (Å²) in [4.78, 5) is 0. The van der Waals surface area contributed by atoms with Gasteiger partial charge in [-0.25, -0.2) is 0 Å². The summed E-state index contributed by atoms with van der Waals surface area (Å²) in [7, 11) is 0. The fourth-order valence-electron chi connectivity index (χ4n) is 3.95. The van der Waals surface area contributed by atoms with E-state index in [1.54, 1.807) is 11.1 Å². The molecule has 1 aromatic carbocycles. The van der Waals surface area contributed by atoms with Crippen LogP contribution in [0.5, 0.6) is 0 Å². The van der Waals surface area contributed by atoms with Gasteiger partial charge in [-0.3, -0.25) is 0 Å². The fourth-order valence-corrected chi connectivity index (χ4v) is 3.95.